The van der Waals surface area contributed by atoms with Crippen LogP contribution in [0.1, 0.15) is 25.5 Å². The van der Waals surface area contributed by atoms with Gasteiger partial charge in [-0.1, -0.05) is 13.8 Å². The Labute approximate surface area is 120 Å². The third-order valence-electron chi connectivity index (χ3n) is 2.68. The lowest BCUT2D eigenvalue weighted by atomic mass is 10.1. The molecule has 0 amide bonds. The van der Waals surface area contributed by atoms with Gasteiger partial charge in [-0.25, -0.2) is 8.42 Å². The lowest BCUT2D eigenvalue weighted by Crippen LogP contribution is -2.13. The van der Waals surface area contributed by atoms with E-state index >= 15 is 0 Å². The van der Waals surface area contributed by atoms with E-state index < -0.39 is 20.8 Å². The molecule has 0 saturated carbocycles. The van der Waals surface area contributed by atoms with E-state index in [0.29, 0.717) is 0 Å². The van der Waals surface area contributed by atoms with Crippen molar-refractivity contribution in [3.8, 4) is 0 Å². The Hall–Kier alpha value is -2.49. The summed E-state index contributed by atoms with van der Waals surface area (Å²) in [5, 5.41) is 17.1. The van der Waals surface area contributed by atoms with Crippen LogP contribution in [-0.2, 0) is 10.0 Å². The van der Waals surface area contributed by atoms with E-state index in [9.17, 15) is 18.5 Å². The van der Waals surface area contributed by atoms with E-state index in [1.54, 1.807) is 6.07 Å². The van der Waals surface area contributed by atoms with Crippen LogP contribution in [0.3, 0.4) is 0 Å². The topological polar surface area (TPSA) is 131 Å². The number of aromatic amines is 1. The number of aromatic nitrogens is 3. The van der Waals surface area contributed by atoms with Crippen molar-refractivity contribution in [3.63, 3.8) is 0 Å². The van der Waals surface area contributed by atoms with Crippen molar-refractivity contribution >= 4 is 21.7 Å². The van der Waals surface area contributed by atoms with Gasteiger partial charge in [0.1, 0.15) is 4.90 Å². The highest BCUT2D eigenvalue weighted by Crippen LogP contribution is 2.19. The van der Waals surface area contributed by atoms with Gasteiger partial charge in [0.05, 0.1) is 0 Å². The minimum absolute atomic E-state index is 0.150. The maximum Gasteiger partial charge on any atom is 0.363 e. The zero-order valence-corrected chi connectivity index (χ0v) is 12.1. The summed E-state index contributed by atoms with van der Waals surface area (Å²) in [5.41, 5.74) is 0.787. The monoisotopic (exact) mass is 311 g/mol. The van der Waals surface area contributed by atoms with Crippen LogP contribution in [0.4, 0.5) is 11.6 Å². The molecule has 9 nitrogen and oxygen atoms in total. The van der Waals surface area contributed by atoms with Crippen molar-refractivity contribution < 1.29 is 13.3 Å². The first-order chi connectivity index (χ1) is 9.79. The van der Waals surface area contributed by atoms with Gasteiger partial charge in [-0.3, -0.25) is 9.82 Å². The van der Waals surface area contributed by atoms with Crippen molar-refractivity contribution in [2.45, 2.75) is 24.7 Å². The summed E-state index contributed by atoms with van der Waals surface area (Å²) >= 11 is 0. The summed E-state index contributed by atoms with van der Waals surface area (Å²) in [6.45, 7) is 3.87. The van der Waals surface area contributed by atoms with Crippen LogP contribution >= 0.6 is 0 Å². The van der Waals surface area contributed by atoms with E-state index in [-0.39, 0.29) is 16.6 Å². The third kappa shape index (κ3) is 3.34. The Morgan fingerprint density at radius 3 is 2.57 bits per heavy atom. The van der Waals surface area contributed by atoms with Crippen molar-refractivity contribution in [1.82, 2.24) is 15.2 Å². The maximum atomic E-state index is 12.1. The fraction of sp³-hybridized carbons (Fsp3) is 0.273. The molecule has 0 unspecified atom stereocenters. The van der Waals surface area contributed by atoms with Crippen LogP contribution in [0.2, 0.25) is 0 Å². The second-order valence-corrected chi connectivity index (χ2v) is 6.26. The molecule has 112 valence electrons. The van der Waals surface area contributed by atoms with Gasteiger partial charge in [0.25, 0.3) is 10.0 Å². The normalized spacial score (nSPS) is 11.6. The van der Waals surface area contributed by atoms with E-state index in [1.165, 1.54) is 0 Å². The number of anilines is 1. The van der Waals surface area contributed by atoms with Crippen molar-refractivity contribution in [3.05, 3.63) is 40.2 Å². The number of hydrogen-bond donors (Lipinski definition) is 2. The first-order valence-corrected chi connectivity index (χ1v) is 7.46. The minimum atomic E-state index is -3.89. The van der Waals surface area contributed by atoms with Gasteiger partial charge in [-0.15, -0.1) is 0 Å². The lowest BCUT2D eigenvalue weighted by Gasteiger charge is -2.03. The van der Waals surface area contributed by atoms with Gasteiger partial charge < -0.3 is 10.1 Å². The molecule has 2 N–H and O–H groups in total. The van der Waals surface area contributed by atoms with Gasteiger partial charge in [0, 0.05) is 17.8 Å². The predicted molar refractivity (Wildman–Crippen MR) is 74.4 cm³/mol. The zero-order chi connectivity index (χ0) is 15.6. The number of pyridine rings is 1. The molecule has 0 atom stereocenters. The zero-order valence-electron chi connectivity index (χ0n) is 11.3. The summed E-state index contributed by atoms with van der Waals surface area (Å²) in [4.78, 5) is 13.1. The summed E-state index contributed by atoms with van der Waals surface area (Å²) in [6.07, 6.45) is 0.927. The van der Waals surface area contributed by atoms with E-state index in [1.807, 2.05) is 13.8 Å². The summed E-state index contributed by atoms with van der Waals surface area (Å²) in [6, 6.07) is 3.73. The highest BCUT2D eigenvalue weighted by atomic mass is 32.2. The fourth-order valence-corrected chi connectivity index (χ4v) is 2.46. The molecule has 0 fully saturated rings. The second kappa shape index (κ2) is 5.48. The molecule has 2 rings (SSSR count). The molecule has 2 aromatic heterocycles. The quantitative estimate of drug-likeness (QED) is 0.637. The molecule has 0 aliphatic carbocycles. The average Bonchev–Trinajstić information content (AvgIpc) is 2.87. The lowest BCUT2D eigenvalue weighted by molar-refractivity contribution is -0.389. The molecule has 2 aromatic rings. The highest BCUT2D eigenvalue weighted by molar-refractivity contribution is 7.92. The van der Waals surface area contributed by atoms with Gasteiger partial charge in [0.2, 0.25) is 0 Å². The number of H-pyrrole nitrogens is 1. The molecular formula is C11H13N5O4S. The first-order valence-electron chi connectivity index (χ1n) is 5.98. The molecule has 21 heavy (non-hydrogen) atoms. The van der Waals surface area contributed by atoms with Crippen LogP contribution in [0.5, 0.6) is 0 Å². The Morgan fingerprint density at radius 1 is 1.38 bits per heavy atom. The highest BCUT2D eigenvalue weighted by Gasteiger charge is 2.19. The number of rotatable bonds is 5. The molecule has 0 saturated heterocycles. The molecule has 2 heterocycles. The van der Waals surface area contributed by atoms with Crippen LogP contribution in [0.15, 0.2) is 29.3 Å². The van der Waals surface area contributed by atoms with Crippen molar-refractivity contribution in [2.75, 3.05) is 4.72 Å². The van der Waals surface area contributed by atoms with Crippen molar-refractivity contribution in [2.24, 2.45) is 0 Å². The van der Waals surface area contributed by atoms with E-state index in [4.69, 9.17) is 0 Å². The molecular weight excluding hydrogens is 298 g/mol. The Kier molecular flexibility index (Phi) is 3.89. The summed E-state index contributed by atoms with van der Waals surface area (Å²) in [5.74, 6) is -0.0929. The molecule has 0 aliphatic heterocycles. The number of nitro groups is 1. The van der Waals surface area contributed by atoms with Crippen LogP contribution in [0.25, 0.3) is 0 Å². The Bertz CT molecular complexity index is 751. The third-order valence-corrected chi connectivity index (χ3v) is 4.02. The summed E-state index contributed by atoms with van der Waals surface area (Å²) in [7, 11) is -3.89. The maximum absolute atomic E-state index is 12.1. The SMILES string of the molecule is CC(C)c1cc(NS(=O)(=O)c2ccc([N+](=O)[O-])nc2)n[nH]1. The minimum Gasteiger partial charge on any atom is -0.358 e. The molecule has 0 bridgehead atoms. The Morgan fingerprint density at radius 2 is 2.10 bits per heavy atom. The van der Waals surface area contributed by atoms with Crippen molar-refractivity contribution in [1.29, 1.82) is 0 Å². The van der Waals surface area contributed by atoms with Gasteiger partial charge in [-0.2, -0.15) is 5.10 Å². The van der Waals surface area contributed by atoms with Gasteiger partial charge in [-0.05, 0) is 21.9 Å². The molecule has 10 heteroatoms. The molecule has 0 aliphatic rings. The number of nitrogens with zero attached hydrogens (tertiary/aromatic N) is 3. The smallest absolute Gasteiger partial charge is 0.358 e. The summed E-state index contributed by atoms with van der Waals surface area (Å²) < 4.78 is 26.5. The van der Waals surface area contributed by atoms with Crippen LogP contribution in [0, 0.1) is 10.1 Å². The molecule has 0 radical (unpaired) electrons. The first kappa shape index (κ1) is 14.9. The number of nitrogens with one attached hydrogen (secondary N) is 2. The number of sulfonamides is 1. The van der Waals surface area contributed by atoms with Gasteiger partial charge >= 0.3 is 5.82 Å². The molecule has 0 spiro atoms. The Balaban J connectivity index is 2.22. The average molecular weight is 311 g/mol. The second-order valence-electron chi connectivity index (χ2n) is 4.58. The number of hydrogen-bond acceptors (Lipinski definition) is 6. The van der Waals surface area contributed by atoms with E-state index in [2.05, 4.69) is 19.9 Å². The van der Waals surface area contributed by atoms with Crippen LogP contribution in [-0.4, -0.2) is 28.5 Å². The fourth-order valence-electron chi connectivity index (χ4n) is 1.52. The molecule has 0 aromatic carbocycles. The van der Waals surface area contributed by atoms with Crippen LogP contribution < -0.4 is 4.72 Å². The predicted octanol–water partition coefficient (Wildman–Crippen LogP) is 1.64. The van der Waals surface area contributed by atoms with Gasteiger partial charge in [0.15, 0.2) is 12.0 Å². The largest absolute Gasteiger partial charge is 0.363 e. The van der Waals surface area contributed by atoms with E-state index in [0.717, 1.165) is 24.0 Å². The standard InChI is InChI=1S/C11H13N5O4S/c1-7(2)9-5-10(14-13-9)15-21(19,20)8-3-4-11(12-6-8)16(17)18/h3-7H,1-2H3,(H2,13,14,15).